The van der Waals surface area contributed by atoms with E-state index in [-0.39, 0.29) is 6.54 Å². The zero-order chi connectivity index (χ0) is 5.82. The fraction of sp³-hybridized carbons (Fsp3) is 0.667. The Kier molecular flexibility index (Phi) is 1.51. The highest BCUT2D eigenvalue weighted by Crippen LogP contribution is 1.73. The second-order valence-electron chi connectivity index (χ2n) is 1.22. The van der Waals surface area contributed by atoms with Gasteiger partial charge in [0.05, 0.1) is 6.54 Å². The number of aryl methyl sites for hydroxylation is 1. The monoisotopic (exact) mass is 116 g/mol. The number of tetrazole rings is 1. The molecule has 0 fully saturated rings. The van der Waals surface area contributed by atoms with Crippen LogP contribution in [0.4, 0.5) is 4.39 Å². The Morgan fingerprint density at radius 2 is 2.50 bits per heavy atom. The molecule has 0 aliphatic rings. The predicted molar refractivity (Wildman–Crippen MR) is 23.8 cm³/mol. The molecule has 1 rings (SSSR count). The summed E-state index contributed by atoms with van der Waals surface area (Å²) in [5, 5.41) is 10.4. The molecule has 0 aliphatic heterocycles. The molecule has 0 aromatic carbocycles. The van der Waals surface area contributed by atoms with Crippen molar-refractivity contribution >= 4 is 0 Å². The second-order valence-corrected chi connectivity index (χ2v) is 1.22. The fourth-order valence-electron chi connectivity index (χ4n) is 0.367. The molecule has 44 valence electrons. The third-order valence-corrected chi connectivity index (χ3v) is 0.676. The first-order chi connectivity index (χ1) is 3.93. The molecule has 0 amide bonds. The average molecular weight is 116 g/mol. The van der Waals surface area contributed by atoms with Gasteiger partial charge in [0.2, 0.25) is 0 Å². The van der Waals surface area contributed by atoms with Gasteiger partial charge < -0.3 is 0 Å². The molecule has 1 aromatic heterocycles. The highest BCUT2D eigenvalue weighted by molar-refractivity contribution is 4.36. The van der Waals surface area contributed by atoms with Gasteiger partial charge in [0.25, 0.3) is 0 Å². The van der Waals surface area contributed by atoms with E-state index in [1.807, 2.05) is 0 Å². The molecule has 0 unspecified atom stereocenters. The Balaban J connectivity index is 2.50. The van der Waals surface area contributed by atoms with Gasteiger partial charge in [-0.25, -0.2) is 4.39 Å². The maximum absolute atomic E-state index is 11.4. The summed E-state index contributed by atoms with van der Waals surface area (Å²) in [5.74, 6) is 0. The normalized spacial score (nSPS) is 9.62. The van der Waals surface area contributed by atoms with E-state index >= 15 is 0 Å². The number of nitrogens with zero attached hydrogens (tertiary/aromatic N) is 4. The summed E-state index contributed by atoms with van der Waals surface area (Å²) in [7, 11) is 0. The van der Waals surface area contributed by atoms with Crippen molar-refractivity contribution in [2.45, 2.75) is 6.54 Å². The maximum Gasteiger partial charge on any atom is 0.162 e. The first kappa shape index (κ1) is 5.14. The lowest BCUT2D eigenvalue weighted by molar-refractivity contribution is 0.397. The zero-order valence-electron chi connectivity index (χ0n) is 4.16. The molecule has 0 radical (unpaired) electrons. The van der Waals surface area contributed by atoms with Crippen LogP contribution in [0, 0.1) is 0 Å². The predicted octanol–water partition coefficient (Wildman–Crippen LogP) is -0.357. The van der Waals surface area contributed by atoms with E-state index in [1.165, 1.54) is 11.1 Å². The number of alkyl halides is 1. The van der Waals surface area contributed by atoms with Crippen molar-refractivity contribution in [2.24, 2.45) is 0 Å². The average Bonchev–Trinajstić information content (AvgIpc) is 2.19. The number of aromatic nitrogens is 4. The summed E-state index contributed by atoms with van der Waals surface area (Å²) in [6.45, 7) is -0.254. The number of halogens is 1. The first-order valence-electron chi connectivity index (χ1n) is 2.20. The smallest absolute Gasteiger partial charge is 0.162 e. The van der Waals surface area contributed by atoms with Gasteiger partial charge in [-0.15, -0.1) is 10.2 Å². The summed E-state index contributed by atoms with van der Waals surface area (Å²) >= 11 is 0. The van der Waals surface area contributed by atoms with E-state index in [0.717, 1.165) is 0 Å². The molecule has 8 heavy (non-hydrogen) atoms. The molecule has 4 nitrogen and oxygen atoms in total. The van der Waals surface area contributed by atoms with Crippen molar-refractivity contribution in [3.8, 4) is 0 Å². The lowest BCUT2D eigenvalue weighted by Gasteiger charge is -1.86. The highest BCUT2D eigenvalue weighted by atomic mass is 19.1. The topological polar surface area (TPSA) is 43.6 Å². The fourth-order valence-corrected chi connectivity index (χ4v) is 0.367. The third-order valence-electron chi connectivity index (χ3n) is 0.676. The molecule has 0 atom stereocenters. The minimum Gasteiger partial charge on any atom is -0.249 e. The van der Waals surface area contributed by atoms with Gasteiger partial charge in [0.1, 0.15) is 6.67 Å². The van der Waals surface area contributed by atoms with Crippen LogP contribution in [0.25, 0.3) is 0 Å². The van der Waals surface area contributed by atoms with Crippen LogP contribution < -0.4 is 0 Å². The Hall–Kier alpha value is -1.00. The van der Waals surface area contributed by atoms with Crippen LogP contribution in [0.2, 0.25) is 0 Å². The Labute approximate surface area is 45.3 Å². The second kappa shape index (κ2) is 2.34. The lowest BCUT2D eigenvalue weighted by Crippen LogP contribution is -2.03. The summed E-state index contributed by atoms with van der Waals surface area (Å²) in [6, 6.07) is 0. The van der Waals surface area contributed by atoms with Crippen molar-refractivity contribution in [2.75, 3.05) is 6.67 Å². The molecule has 0 bridgehead atoms. The summed E-state index contributed by atoms with van der Waals surface area (Å²) in [6.07, 6.45) is 1.27. The molecular weight excluding hydrogens is 111 g/mol. The standard InChI is InChI=1S/C3H5FN4/c4-1-2-8-6-3-5-7-8/h3H,1-2H2. The molecule has 0 aliphatic carbocycles. The van der Waals surface area contributed by atoms with E-state index in [1.54, 1.807) is 0 Å². The van der Waals surface area contributed by atoms with E-state index in [4.69, 9.17) is 0 Å². The van der Waals surface area contributed by atoms with Crippen molar-refractivity contribution < 1.29 is 4.39 Å². The van der Waals surface area contributed by atoms with Gasteiger partial charge in [-0.2, -0.15) is 4.80 Å². The van der Waals surface area contributed by atoms with Crippen LogP contribution in [-0.2, 0) is 6.54 Å². The summed E-state index contributed by atoms with van der Waals surface area (Å²) in [4.78, 5) is 1.19. The van der Waals surface area contributed by atoms with Crippen LogP contribution in [0.1, 0.15) is 0 Å². The maximum atomic E-state index is 11.4. The molecule has 1 aromatic rings. The molecule has 0 saturated heterocycles. The summed E-state index contributed by atoms with van der Waals surface area (Å²) in [5.41, 5.74) is 0. The van der Waals surface area contributed by atoms with Gasteiger partial charge in [-0.3, -0.25) is 0 Å². The van der Waals surface area contributed by atoms with Gasteiger partial charge in [0.15, 0.2) is 6.33 Å². The van der Waals surface area contributed by atoms with Gasteiger partial charge in [0, 0.05) is 0 Å². The minimum absolute atomic E-state index is 0.194. The van der Waals surface area contributed by atoms with Crippen LogP contribution in [0.15, 0.2) is 6.33 Å². The van der Waals surface area contributed by atoms with Crippen molar-refractivity contribution in [1.82, 2.24) is 20.2 Å². The van der Waals surface area contributed by atoms with Crippen LogP contribution in [-0.4, -0.2) is 26.9 Å². The molecule has 0 N–H and O–H groups in total. The van der Waals surface area contributed by atoms with E-state index in [2.05, 4.69) is 15.4 Å². The van der Waals surface area contributed by atoms with Gasteiger partial charge in [-0.1, -0.05) is 0 Å². The summed E-state index contributed by atoms with van der Waals surface area (Å²) < 4.78 is 11.4. The minimum atomic E-state index is -0.448. The lowest BCUT2D eigenvalue weighted by atomic mass is 10.8. The largest absolute Gasteiger partial charge is 0.249 e. The number of hydrogen-bond donors (Lipinski definition) is 0. The Bertz CT molecular complexity index is 137. The molecular formula is C3H5FN4. The van der Waals surface area contributed by atoms with Crippen molar-refractivity contribution in [1.29, 1.82) is 0 Å². The quantitative estimate of drug-likeness (QED) is 0.530. The molecule has 0 spiro atoms. The first-order valence-corrected chi connectivity index (χ1v) is 2.20. The Morgan fingerprint density at radius 1 is 1.62 bits per heavy atom. The molecule has 5 heteroatoms. The van der Waals surface area contributed by atoms with E-state index < -0.39 is 6.67 Å². The highest BCUT2D eigenvalue weighted by Gasteiger charge is 1.87. The molecule has 1 heterocycles. The Morgan fingerprint density at radius 3 is 3.00 bits per heavy atom. The van der Waals surface area contributed by atoms with Crippen LogP contribution in [0.5, 0.6) is 0 Å². The number of hydrogen-bond acceptors (Lipinski definition) is 3. The SMILES string of the molecule is FCCn1ncnn1. The van der Waals surface area contributed by atoms with Gasteiger partial charge in [-0.05, 0) is 5.21 Å². The zero-order valence-corrected chi connectivity index (χ0v) is 4.16. The van der Waals surface area contributed by atoms with E-state index in [9.17, 15) is 4.39 Å². The molecule has 0 saturated carbocycles. The third kappa shape index (κ3) is 0.988. The van der Waals surface area contributed by atoms with Gasteiger partial charge >= 0.3 is 0 Å². The van der Waals surface area contributed by atoms with Crippen LogP contribution >= 0.6 is 0 Å². The number of rotatable bonds is 2. The van der Waals surface area contributed by atoms with Crippen molar-refractivity contribution in [3.05, 3.63) is 6.33 Å². The van der Waals surface area contributed by atoms with Crippen molar-refractivity contribution in [3.63, 3.8) is 0 Å². The van der Waals surface area contributed by atoms with E-state index in [0.29, 0.717) is 0 Å². The van der Waals surface area contributed by atoms with Crippen LogP contribution in [0.3, 0.4) is 0 Å².